The number of carbonyl (C=O) groups is 1. The summed E-state index contributed by atoms with van der Waals surface area (Å²) in [6.07, 6.45) is 1.73. The van der Waals surface area contributed by atoms with Gasteiger partial charge in [0.25, 0.3) is 5.91 Å². The predicted molar refractivity (Wildman–Crippen MR) is 77.8 cm³/mol. The van der Waals surface area contributed by atoms with E-state index in [0.717, 1.165) is 29.7 Å². The number of amides is 1. The quantitative estimate of drug-likeness (QED) is 0.820. The van der Waals surface area contributed by atoms with E-state index in [1.165, 1.54) is 0 Å². The second kappa shape index (κ2) is 6.61. The first-order chi connectivity index (χ1) is 9.56. The zero-order valence-electron chi connectivity index (χ0n) is 12.1. The van der Waals surface area contributed by atoms with Crippen LogP contribution in [0.25, 0.3) is 0 Å². The highest BCUT2D eigenvalue weighted by molar-refractivity contribution is 5.78. The van der Waals surface area contributed by atoms with Crippen LogP contribution in [-0.4, -0.2) is 31.8 Å². The van der Waals surface area contributed by atoms with Crippen LogP contribution in [0, 0.1) is 13.8 Å². The standard InChI is InChI=1S/C15H22N2O3/c1-10-8-14(11(2)7-13(10)16)20-9-15(18)17-12-3-5-19-6-4-12/h7-8,12H,3-6,9,16H2,1-2H3,(H,17,18). The first-order valence-corrected chi connectivity index (χ1v) is 6.93. The van der Waals surface area contributed by atoms with Crippen LogP contribution in [0.2, 0.25) is 0 Å². The maximum atomic E-state index is 11.8. The second-order valence-electron chi connectivity index (χ2n) is 5.22. The third-order valence-corrected chi connectivity index (χ3v) is 3.51. The number of ether oxygens (including phenoxy) is 2. The number of benzene rings is 1. The van der Waals surface area contributed by atoms with E-state index in [4.69, 9.17) is 15.2 Å². The van der Waals surface area contributed by atoms with Crippen LogP contribution in [0.4, 0.5) is 5.69 Å². The molecule has 0 saturated carbocycles. The SMILES string of the molecule is Cc1cc(OCC(=O)NC2CCOCC2)c(C)cc1N. The molecule has 2 rings (SSSR count). The lowest BCUT2D eigenvalue weighted by Crippen LogP contribution is -2.41. The normalized spacial score (nSPS) is 15.9. The highest BCUT2D eigenvalue weighted by Crippen LogP contribution is 2.24. The zero-order chi connectivity index (χ0) is 14.5. The van der Waals surface area contributed by atoms with Gasteiger partial charge in [-0.1, -0.05) is 0 Å². The first kappa shape index (κ1) is 14.7. The summed E-state index contributed by atoms with van der Waals surface area (Å²) in [5, 5.41) is 2.97. The van der Waals surface area contributed by atoms with Gasteiger partial charge in [0.2, 0.25) is 0 Å². The van der Waals surface area contributed by atoms with Gasteiger partial charge in [-0.15, -0.1) is 0 Å². The smallest absolute Gasteiger partial charge is 0.258 e. The molecule has 1 aromatic rings. The van der Waals surface area contributed by atoms with Crippen molar-refractivity contribution >= 4 is 11.6 Å². The van der Waals surface area contributed by atoms with Crippen LogP contribution in [0.1, 0.15) is 24.0 Å². The summed E-state index contributed by atoms with van der Waals surface area (Å²) >= 11 is 0. The zero-order valence-corrected chi connectivity index (χ0v) is 12.1. The van der Waals surface area contributed by atoms with E-state index in [-0.39, 0.29) is 18.6 Å². The number of nitrogens with two attached hydrogens (primary N) is 1. The van der Waals surface area contributed by atoms with Crippen molar-refractivity contribution < 1.29 is 14.3 Å². The molecule has 5 heteroatoms. The Balaban J connectivity index is 1.85. The Morgan fingerprint density at radius 3 is 2.75 bits per heavy atom. The van der Waals surface area contributed by atoms with E-state index in [0.29, 0.717) is 19.0 Å². The van der Waals surface area contributed by atoms with E-state index in [1.807, 2.05) is 26.0 Å². The molecular weight excluding hydrogens is 256 g/mol. The molecule has 3 N–H and O–H groups in total. The summed E-state index contributed by atoms with van der Waals surface area (Å²) < 4.78 is 10.8. The molecule has 0 aromatic heterocycles. The van der Waals surface area contributed by atoms with Crippen molar-refractivity contribution in [2.45, 2.75) is 32.7 Å². The van der Waals surface area contributed by atoms with Gasteiger partial charge in [-0.25, -0.2) is 0 Å². The number of nitrogens with one attached hydrogen (secondary N) is 1. The number of hydrogen-bond acceptors (Lipinski definition) is 4. The van der Waals surface area contributed by atoms with Crippen molar-refractivity contribution in [1.82, 2.24) is 5.32 Å². The molecule has 0 bridgehead atoms. The fourth-order valence-electron chi connectivity index (χ4n) is 2.22. The van der Waals surface area contributed by atoms with Crippen LogP contribution in [-0.2, 0) is 9.53 Å². The summed E-state index contributed by atoms with van der Waals surface area (Å²) in [6, 6.07) is 3.93. The van der Waals surface area contributed by atoms with Gasteiger partial charge in [0.15, 0.2) is 6.61 Å². The minimum Gasteiger partial charge on any atom is -0.483 e. The molecule has 110 valence electrons. The van der Waals surface area contributed by atoms with Gasteiger partial charge in [0.1, 0.15) is 5.75 Å². The molecule has 5 nitrogen and oxygen atoms in total. The Kier molecular flexibility index (Phi) is 4.84. The fourth-order valence-corrected chi connectivity index (χ4v) is 2.22. The summed E-state index contributed by atoms with van der Waals surface area (Å²) in [6.45, 7) is 5.29. The maximum absolute atomic E-state index is 11.8. The van der Waals surface area contributed by atoms with Gasteiger partial charge >= 0.3 is 0 Å². The molecule has 1 fully saturated rings. The molecule has 0 atom stereocenters. The number of anilines is 1. The van der Waals surface area contributed by atoms with Gasteiger partial charge in [0.05, 0.1) is 0 Å². The molecule has 0 unspecified atom stereocenters. The van der Waals surface area contributed by atoms with Gasteiger partial charge in [-0.05, 0) is 49.9 Å². The third kappa shape index (κ3) is 3.87. The molecule has 1 heterocycles. The van der Waals surface area contributed by atoms with Crippen LogP contribution in [0.15, 0.2) is 12.1 Å². The van der Waals surface area contributed by atoms with E-state index in [2.05, 4.69) is 5.32 Å². The Morgan fingerprint density at radius 1 is 1.35 bits per heavy atom. The molecule has 1 aromatic carbocycles. The predicted octanol–water partition coefficient (Wildman–Crippen LogP) is 1.56. The van der Waals surface area contributed by atoms with Crippen molar-refractivity contribution in [3.63, 3.8) is 0 Å². The van der Waals surface area contributed by atoms with Crippen molar-refractivity contribution in [2.24, 2.45) is 0 Å². The first-order valence-electron chi connectivity index (χ1n) is 6.93. The molecule has 0 aliphatic carbocycles. The van der Waals surface area contributed by atoms with E-state index < -0.39 is 0 Å². The van der Waals surface area contributed by atoms with Gasteiger partial charge in [-0.2, -0.15) is 0 Å². The number of aryl methyl sites for hydroxylation is 2. The minimum atomic E-state index is -0.0919. The average molecular weight is 278 g/mol. The molecule has 0 radical (unpaired) electrons. The van der Waals surface area contributed by atoms with Gasteiger partial charge < -0.3 is 20.5 Å². The number of carbonyl (C=O) groups excluding carboxylic acids is 1. The number of hydrogen-bond donors (Lipinski definition) is 2. The molecule has 1 amide bonds. The fraction of sp³-hybridized carbons (Fsp3) is 0.533. The Hall–Kier alpha value is -1.75. The molecule has 1 aliphatic rings. The third-order valence-electron chi connectivity index (χ3n) is 3.51. The summed E-state index contributed by atoms with van der Waals surface area (Å²) in [7, 11) is 0. The maximum Gasteiger partial charge on any atom is 0.258 e. The van der Waals surface area contributed by atoms with Crippen LogP contribution in [0.5, 0.6) is 5.75 Å². The van der Waals surface area contributed by atoms with E-state index >= 15 is 0 Å². The summed E-state index contributed by atoms with van der Waals surface area (Å²) in [4.78, 5) is 11.8. The lowest BCUT2D eigenvalue weighted by atomic mass is 10.1. The van der Waals surface area contributed by atoms with Gasteiger partial charge in [-0.3, -0.25) is 4.79 Å². The Morgan fingerprint density at radius 2 is 2.05 bits per heavy atom. The monoisotopic (exact) mass is 278 g/mol. The van der Waals surface area contributed by atoms with E-state index in [9.17, 15) is 4.79 Å². The molecule has 1 saturated heterocycles. The average Bonchev–Trinajstić information content (AvgIpc) is 2.42. The molecule has 1 aliphatic heterocycles. The topological polar surface area (TPSA) is 73.6 Å². The summed E-state index contributed by atoms with van der Waals surface area (Å²) in [5.41, 5.74) is 8.45. The largest absolute Gasteiger partial charge is 0.483 e. The van der Waals surface area contributed by atoms with E-state index in [1.54, 1.807) is 0 Å². The number of rotatable bonds is 4. The van der Waals surface area contributed by atoms with Crippen molar-refractivity contribution in [3.8, 4) is 5.75 Å². The minimum absolute atomic E-state index is 0.0293. The Labute approximate surface area is 119 Å². The second-order valence-corrected chi connectivity index (χ2v) is 5.22. The molecule has 20 heavy (non-hydrogen) atoms. The Bertz CT molecular complexity index is 482. The molecular formula is C15H22N2O3. The van der Waals surface area contributed by atoms with Crippen LogP contribution >= 0.6 is 0 Å². The van der Waals surface area contributed by atoms with Crippen LogP contribution in [0.3, 0.4) is 0 Å². The lowest BCUT2D eigenvalue weighted by molar-refractivity contribution is -0.124. The van der Waals surface area contributed by atoms with Gasteiger partial charge in [0, 0.05) is 24.9 Å². The summed E-state index contributed by atoms with van der Waals surface area (Å²) in [5.74, 6) is 0.615. The van der Waals surface area contributed by atoms with Crippen molar-refractivity contribution in [1.29, 1.82) is 0 Å². The number of nitrogen functional groups attached to an aromatic ring is 1. The lowest BCUT2D eigenvalue weighted by Gasteiger charge is -2.23. The highest BCUT2D eigenvalue weighted by Gasteiger charge is 2.16. The highest BCUT2D eigenvalue weighted by atomic mass is 16.5. The molecule has 0 spiro atoms. The van der Waals surface area contributed by atoms with Crippen molar-refractivity contribution in [3.05, 3.63) is 23.3 Å². The van der Waals surface area contributed by atoms with Crippen LogP contribution < -0.4 is 15.8 Å². The van der Waals surface area contributed by atoms with Crippen molar-refractivity contribution in [2.75, 3.05) is 25.6 Å².